The zero-order chi connectivity index (χ0) is 17.3. The van der Waals surface area contributed by atoms with Gasteiger partial charge in [-0.25, -0.2) is 4.79 Å². The molecule has 2 N–H and O–H groups in total. The molecular weight excluding hydrogens is 292 g/mol. The van der Waals surface area contributed by atoms with Gasteiger partial charge in [0.2, 0.25) is 0 Å². The third kappa shape index (κ3) is 4.82. The van der Waals surface area contributed by atoms with Crippen molar-refractivity contribution in [2.24, 2.45) is 11.3 Å². The molecule has 1 unspecified atom stereocenters. The SMILES string of the molecule is CCCCCC=C(C(=O)O)C(CCCC)(C(=O)O)C1CCCC1. The maximum absolute atomic E-state index is 12.2. The van der Waals surface area contributed by atoms with Crippen molar-refractivity contribution in [1.29, 1.82) is 0 Å². The van der Waals surface area contributed by atoms with Gasteiger partial charge in [0.1, 0.15) is 5.41 Å². The fraction of sp³-hybridized carbons (Fsp3) is 0.789. The van der Waals surface area contributed by atoms with Gasteiger partial charge in [0.25, 0.3) is 0 Å². The molecule has 0 aromatic carbocycles. The Kier molecular flexibility index (Phi) is 8.35. The first kappa shape index (κ1) is 19.7. The molecule has 1 aliphatic carbocycles. The summed E-state index contributed by atoms with van der Waals surface area (Å²) in [7, 11) is 0. The summed E-state index contributed by atoms with van der Waals surface area (Å²) < 4.78 is 0. The number of rotatable bonds is 11. The second-order valence-electron chi connectivity index (χ2n) is 6.78. The van der Waals surface area contributed by atoms with Crippen LogP contribution in [0.15, 0.2) is 11.6 Å². The van der Waals surface area contributed by atoms with Crippen LogP contribution in [0.2, 0.25) is 0 Å². The van der Waals surface area contributed by atoms with E-state index < -0.39 is 17.4 Å². The summed E-state index contributed by atoms with van der Waals surface area (Å²) >= 11 is 0. The van der Waals surface area contributed by atoms with E-state index in [4.69, 9.17) is 0 Å². The van der Waals surface area contributed by atoms with Crippen LogP contribution in [0.1, 0.15) is 84.5 Å². The van der Waals surface area contributed by atoms with Gasteiger partial charge in [-0.05, 0) is 38.0 Å². The minimum atomic E-state index is -1.20. The summed E-state index contributed by atoms with van der Waals surface area (Å²) in [4.78, 5) is 24.1. The van der Waals surface area contributed by atoms with Crippen molar-refractivity contribution in [3.05, 3.63) is 11.6 Å². The molecule has 0 spiro atoms. The molecule has 1 saturated carbocycles. The largest absolute Gasteiger partial charge is 0.481 e. The monoisotopic (exact) mass is 324 g/mol. The van der Waals surface area contributed by atoms with Gasteiger partial charge in [0.05, 0.1) is 5.57 Å². The lowest BCUT2D eigenvalue weighted by Crippen LogP contribution is -2.42. The molecule has 0 radical (unpaired) electrons. The average Bonchev–Trinajstić information content (AvgIpc) is 3.03. The summed E-state index contributed by atoms with van der Waals surface area (Å²) in [6.07, 6.45) is 11.1. The molecular formula is C19H32O4. The second kappa shape index (κ2) is 9.74. The van der Waals surface area contributed by atoms with Gasteiger partial charge in [-0.1, -0.05) is 58.4 Å². The van der Waals surface area contributed by atoms with E-state index >= 15 is 0 Å². The van der Waals surface area contributed by atoms with E-state index in [9.17, 15) is 19.8 Å². The smallest absolute Gasteiger partial charge is 0.332 e. The molecule has 0 amide bonds. The van der Waals surface area contributed by atoms with Gasteiger partial charge in [-0.2, -0.15) is 0 Å². The fourth-order valence-electron chi connectivity index (χ4n) is 3.93. The van der Waals surface area contributed by atoms with Gasteiger partial charge in [-0.3, -0.25) is 4.79 Å². The van der Waals surface area contributed by atoms with Gasteiger partial charge < -0.3 is 10.2 Å². The van der Waals surface area contributed by atoms with E-state index in [2.05, 4.69) is 6.92 Å². The van der Waals surface area contributed by atoms with E-state index in [0.29, 0.717) is 12.8 Å². The average molecular weight is 324 g/mol. The quantitative estimate of drug-likeness (QED) is 0.413. The van der Waals surface area contributed by atoms with E-state index in [1.165, 1.54) is 0 Å². The molecule has 132 valence electrons. The minimum Gasteiger partial charge on any atom is -0.481 e. The van der Waals surface area contributed by atoms with Crippen LogP contribution in [-0.2, 0) is 9.59 Å². The van der Waals surface area contributed by atoms with Crippen LogP contribution in [0.5, 0.6) is 0 Å². The zero-order valence-corrected chi connectivity index (χ0v) is 14.6. The highest BCUT2D eigenvalue weighted by molar-refractivity contribution is 5.96. The highest BCUT2D eigenvalue weighted by atomic mass is 16.4. The van der Waals surface area contributed by atoms with E-state index in [1.54, 1.807) is 6.08 Å². The van der Waals surface area contributed by atoms with Crippen molar-refractivity contribution in [1.82, 2.24) is 0 Å². The standard InChI is InChI=1S/C19H32O4/c1-3-5-7-8-13-16(17(20)21)19(18(22)23,14-6-4-2)15-11-9-10-12-15/h13,15H,3-12,14H2,1-2H3,(H,20,21)(H,22,23). The normalized spacial score (nSPS) is 18.8. The molecule has 0 bridgehead atoms. The number of carboxylic acids is 2. The summed E-state index contributed by atoms with van der Waals surface area (Å²) in [5.41, 5.74) is -1.06. The minimum absolute atomic E-state index is 0.0416. The van der Waals surface area contributed by atoms with Gasteiger partial charge in [0.15, 0.2) is 0 Å². The van der Waals surface area contributed by atoms with Crippen molar-refractivity contribution >= 4 is 11.9 Å². The summed E-state index contributed by atoms with van der Waals surface area (Å²) in [6.45, 7) is 4.12. The Bertz CT molecular complexity index is 421. The topological polar surface area (TPSA) is 74.6 Å². The number of carboxylic acid groups (broad SMARTS) is 2. The Morgan fingerprint density at radius 2 is 1.65 bits per heavy atom. The molecule has 4 heteroatoms. The maximum Gasteiger partial charge on any atom is 0.332 e. The molecule has 1 fully saturated rings. The first-order valence-electron chi connectivity index (χ1n) is 9.18. The molecule has 1 aliphatic rings. The number of aliphatic carboxylic acids is 2. The molecule has 23 heavy (non-hydrogen) atoms. The van der Waals surface area contributed by atoms with Crippen LogP contribution >= 0.6 is 0 Å². The Morgan fingerprint density at radius 1 is 1.04 bits per heavy atom. The van der Waals surface area contributed by atoms with Gasteiger partial charge in [-0.15, -0.1) is 0 Å². The maximum atomic E-state index is 12.2. The van der Waals surface area contributed by atoms with Crippen molar-refractivity contribution in [2.45, 2.75) is 84.5 Å². The number of hydrogen-bond acceptors (Lipinski definition) is 2. The highest BCUT2D eigenvalue weighted by Crippen LogP contribution is 2.49. The van der Waals surface area contributed by atoms with Crippen LogP contribution in [0.4, 0.5) is 0 Å². The Labute approximate surface area is 140 Å². The lowest BCUT2D eigenvalue weighted by molar-refractivity contribution is -0.154. The molecule has 0 saturated heterocycles. The number of unbranched alkanes of at least 4 members (excludes halogenated alkanes) is 4. The third-order valence-corrected chi connectivity index (χ3v) is 5.23. The molecule has 0 aromatic rings. The zero-order valence-electron chi connectivity index (χ0n) is 14.6. The molecule has 0 heterocycles. The van der Waals surface area contributed by atoms with Crippen LogP contribution in [0.25, 0.3) is 0 Å². The van der Waals surface area contributed by atoms with Gasteiger partial charge in [0, 0.05) is 0 Å². The van der Waals surface area contributed by atoms with Crippen LogP contribution < -0.4 is 0 Å². The Hall–Kier alpha value is -1.32. The molecule has 0 aromatic heterocycles. The van der Waals surface area contributed by atoms with Gasteiger partial charge >= 0.3 is 11.9 Å². The van der Waals surface area contributed by atoms with Crippen LogP contribution in [0, 0.1) is 11.3 Å². The Morgan fingerprint density at radius 3 is 2.13 bits per heavy atom. The van der Waals surface area contributed by atoms with Crippen molar-refractivity contribution in [3.8, 4) is 0 Å². The summed E-state index contributed by atoms with van der Waals surface area (Å²) in [5.74, 6) is -2.03. The third-order valence-electron chi connectivity index (χ3n) is 5.23. The van der Waals surface area contributed by atoms with Crippen molar-refractivity contribution < 1.29 is 19.8 Å². The van der Waals surface area contributed by atoms with E-state index in [-0.39, 0.29) is 11.5 Å². The molecule has 4 nitrogen and oxygen atoms in total. The number of carbonyl (C=O) groups is 2. The molecule has 1 rings (SSSR count). The molecule has 1 atom stereocenters. The summed E-state index contributed by atoms with van der Waals surface area (Å²) in [6, 6.07) is 0. The van der Waals surface area contributed by atoms with Crippen LogP contribution in [-0.4, -0.2) is 22.2 Å². The van der Waals surface area contributed by atoms with Crippen LogP contribution in [0.3, 0.4) is 0 Å². The fourth-order valence-corrected chi connectivity index (χ4v) is 3.93. The number of allylic oxidation sites excluding steroid dienone is 1. The van der Waals surface area contributed by atoms with E-state index in [0.717, 1.165) is 57.8 Å². The first-order valence-corrected chi connectivity index (χ1v) is 9.18. The summed E-state index contributed by atoms with van der Waals surface area (Å²) in [5, 5.41) is 19.8. The number of hydrogen-bond donors (Lipinski definition) is 2. The predicted octanol–water partition coefficient (Wildman–Crippen LogP) is 5.03. The van der Waals surface area contributed by atoms with E-state index in [1.807, 2.05) is 6.92 Å². The van der Waals surface area contributed by atoms with Crippen molar-refractivity contribution in [2.75, 3.05) is 0 Å². The first-order chi connectivity index (χ1) is 11.0. The van der Waals surface area contributed by atoms with Crippen molar-refractivity contribution in [3.63, 3.8) is 0 Å². The lowest BCUT2D eigenvalue weighted by atomic mass is 9.65. The molecule has 0 aliphatic heterocycles. The second-order valence-corrected chi connectivity index (χ2v) is 6.78. The lowest BCUT2D eigenvalue weighted by Gasteiger charge is -2.36. The Balaban J connectivity index is 3.19. The highest BCUT2D eigenvalue weighted by Gasteiger charge is 2.51. The predicted molar refractivity (Wildman–Crippen MR) is 91.4 cm³/mol.